The number of hydrogen-bond donors (Lipinski definition) is 3. The van der Waals surface area contributed by atoms with Crippen molar-refractivity contribution < 1.29 is 5.11 Å². The second-order valence-corrected chi connectivity index (χ2v) is 7.16. The maximum atomic E-state index is 9.71. The number of nitrogens with zero attached hydrogens (tertiary/aromatic N) is 6. The highest BCUT2D eigenvalue weighted by Gasteiger charge is 2.27. The van der Waals surface area contributed by atoms with Crippen LogP contribution in [0.5, 0.6) is 0 Å². The number of nitrogens with one attached hydrogen (secondary N) is 2. The monoisotopic (exact) mass is 396 g/mol. The van der Waals surface area contributed by atoms with Gasteiger partial charge in [0, 0.05) is 19.6 Å². The molecule has 1 aromatic carbocycles. The lowest BCUT2D eigenvalue weighted by Gasteiger charge is -2.25. The first-order chi connectivity index (χ1) is 14.2. The summed E-state index contributed by atoms with van der Waals surface area (Å²) in [6.45, 7) is 7.23. The average molecular weight is 396 g/mol. The van der Waals surface area contributed by atoms with Gasteiger partial charge in [0.2, 0.25) is 17.8 Å². The summed E-state index contributed by atoms with van der Waals surface area (Å²) in [6.07, 6.45) is 1.98. The lowest BCUT2D eigenvalue weighted by atomic mass is 10.2. The number of fused-ring (bicyclic) bond motifs is 1. The molecule has 154 valence electrons. The van der Waals surface area contributed by atoms with E-state index in [4.69, 9.17) is 4.98 Å². The van der Waals surface area contributed by atoms with E-state index in [1.54, 1.807) is 0 Å². The van der Waals surface area contributed by atoms with Crippen LogP contribution in [0.1, 0.15) is 32.5 Å². The molecule has 9 heteroatoms. The van der Waals surface area contributed by atoms with E-state index in [2.05, 4.69) is 48.9 Å². The first kappa shape index (κ1) is 19.4. The number of anilines is 3. The van der Waals surface area contributed by atoms with Gasteiger partial charge in [-0.3, -0.25) is 0 Å². The number of H-pyrrole nitrogens is 1. The number of aromatic nitrogens is 5. The fourth-order valence-corrected chi connectivity index (χ4v) is 3.75. The second kappa shape index (κ2) is 8.60. The van der Waals surface area contributed by atoms with E-state index in [0.717, 1.165) is 49.3 Å². The minimum absolute atomic E-state index is 0.0603. The maximum absolute atomic E-state index is 9.71. The van der Waals surface area contributed by atoms with Crippen LogP contribution in [0.2, 0.25) is 0 Å². The van der Waals surface area contributed by atoms with E-state index in [1.807, 2.05) is 24.3 Å². The summed E-state index contributed by atoms with van der Waals surface area (Å²) in [5.41, 5.74) is 1.94. The zero-order valence-electron chi connectivity index (χ0n) is 17.0. The van der Waals surface area contributed by atoms with Crippen molar-refractivity contribution in [3.05, 3.63) is 30.1 Å². The Bertz CT molecular complexity index is 922. The summed E-state index contributed by atoms with van der Waals surface area (Å²) in [6, 6.07) is 8.01. The summed E-state index contributed by atoms with van der Waals surface area (Å²) < 4.78 is 0. The fourth-order valence-electron chi connectivity index (χ4n) is 3.75. The van der Waals surface area contributed by atoms with Gasteiger partial charge < -0.3 is 25.2 Å². The molecule has 0 amide bonds. The Labute approximate surface area is 170 Å². The molecule has 3 aromatic rings. The van der Waals surface area contributed by atoms with Crippen molar-refractivity contribution in [3.63, 3.8) is 0 Å². The van der Waals surface area contributed by atoms with Crippen LogP contribution >= 0.6 is 0 Å². The summed E-state index contributed by atoms with van der Waals surface area (Å²) in [5, 5.41) is 13.0. The lowest BCUT2D eigenvalue weighted by Crippen LogP contribution is -2.34. The third-order valence-electron chi connectivity index (χ3n) is 5.36. The van der Waals surface area contributed by atoms with E-state index in [-0.39, 0.29) is 12.6 Å². The highest BCUT2D eigenvalue weighted by atomic mass is 16.3. The predicted molar refractivity (Wildman–Crippen MR) is 114 cm³/mol. The first-order valence-corrected chi connectivity index (χ1v) is 10.3. The molecule has 3 N–H and O–H groups in total. The molecule has 29 heavy (non-hydrogen) atoms. The minimum Gasteiger partial charge on any atom is -0.394 e. The van der Waals surface area contributed by atoms with Crippen LogP contribution in [-0.2, 0) is 6.54 Å². The molecule has 4 rings (SSSR count). The van der Waals surface area contributed by atoms with E-state index in [1.165, 1.54) is 0 Å². The molecule has 1 aliphatic rings. The molecule has 0 aliphatic carbocycles. The molecule has 1 fully saturated rings. The molecular weight excluding hydrogens is 368 g/mol. The number of rotatable bonds is 8. The van der Waals surface area contributed by atoms with Crippen molar-refractivity contribution in [3.8, 4) is 0 Å². The minimum atomic E-state index is 0.0603. The Balaban J connectivity index is 1.60. The SMILES string of the molecule is CCN(CC)c1nc(NCc2nc3ccccc3[nH]2)nc(N2CCCC2CO)n1. The maximum Gasteiger partial charge on any atom is 0.232 e. The Morgan fingerprint density at radius 2 is 2.00 bits per heavy atom. The first-order valence-electron chi connectivity index (χ1n) is 10.3. The van der Waals surface area contributed by atoms with Gasteiger partial charge in [-0.1, -0.05) is 12.1 Å². The molecule has 1 atom stereocenters. The molecule has 2 aromatic heterocycles. The summed E-state index contributed by atoms with van der Waals surface area (Å²) in [5.74, 6) is 2.61. The van der Waals surface area contributed by atoms with Gasteiger partial charge in [-0.05, 0) is 38.8 Å². The Hall–Kier alpha value is -2.94. The normalized spacial score (nSPS) is 16.5. The standard InChI is InChI=1S/C20H28N8O/c1-3-27(4-2)19-24-18(25-20(26-19)28-11-7-8-14(28)13-29)21-12-17-22-15-9-5-6-10-16(15)23-17/h5-6,9-10,14,29H,3-4,7-8,11-13H2,1-2H3,(H,22,23)(H,21,24,25,26). The molecule has 0 bridgehead atoms. The van der Waals surface area contributed by atoms with Gasteiger partial charge in [0.05, 0.1) is 30.2 Å². The third kappa shape index (κ3) is 4.09. The van der Waals surface area contributed by atoms with Crippen LogP contribution in [0.15, 0.2) is 24.3 Å². The fraction of sp³-hybridized carbons (Fsp3) is 0.500. The third-order valence-corrected chi connectivity index (χ3v) is 5.36. The molecule has 3 heterocycles. The van der Waals surface area contributed by atoms with Crippen molar-refractivity contribution in [1.82, 2.24) is 24.9 Å². The number of hydrogen-bond acceptors (Lipinski definition) is 8. The van der Waals surface area contributed by atoms with Crippen molar-refractivity contribution >= 4 is 28.9 Å². The van der Waals surface area contributed by atoms with E-state index in [0.29, 0.717) is 24.4 Å². The number of imidazole rings is 1. The molecule has 0 radical (unpaired) electrons. The van der Waals surface area contributed by atoms with Gasteiger partial charge in [0.1, 0.15) is 5.82 Å². The molecular formula is C20H28N8O. The Kier molecular flexibility index (Phi) is 5.75. The number of aliphatic hydroxyl groups excluding tert-OH is 1. The number of aromatic amines is 1. The molecule has 0 saturated carbocycles. The van der Waals surface area contributed by atoms with Crippen molar-refractivity contribution in [2.75, 3.05) is 41.4 Å². The van der Waals surface area contributed by atoms with Gasteiger partial charge in [0.15, 0.2) is 0 Å². The van der Waals surface area contributed by atoms with Crippen LogP contribution in [0.4, 0.5) is 17.8 Å². The van der Waals surface area contributed by atoms with Crippen LogP contribution in [0.25, 0.3) is 11.0 Å². The highest BCUT2D eigenvalue weighted by Crippen LogP contribution is 2.25. The number of aliphatic hydroxyl groups is 1. The number of para-hydroxylation sites is 2. The summed E-state index contributed by atoms with van der Waals surface area (Å²) in [4.78, 5) is 26.1. The van der Waals surface area contributed by atoms with Gasteiger partial charge in [-0.15, -0.1) is 0 Å². The van der Waals surface area contributed by atoms with Crippen molar-refractivity contribution in [2.45, 2.75) is 39.3 Å². The van der Waals surface area contributed by atoms with Crippen LogP contribution in [0.3, 0.4) is 0 Å². The molecule has 1 saturated heterocycles. The van der Waals surface area contributed by atoms with Crippen molar-refractivity contribution in [1.29, 1.82) is 0 Å². The van der Waals surface area contributed by atoms with E-state index < -0.39 is 0 Å². The second-order valence-electron chi connectivity index (χ2n) is 7.16. The highest BCUT2D eigenvalue weighted by molar-refractivity contribution is 5.74. The molecule has 0 spiro atoms. The number of benzene rings is 1. The lowest BCUT2D eigenvalue weighted by molar-refractivity contribution is 0.265. The quantitative estimate of drug-likeness (QED) is 0.532. The van der Waals surface area contributed by atoms with Gasteiger partial charge >= 0.3 is 0 Å². The zero-order chi connectivity index (χ0) is 20.2. The molecule has 9 nitrogen and oxygen atoms in total. The Morgan fingerprint density at radius 1 is 1.17 bits per heavy atom. The van der Waals surface area contributed by atoms with Crippen molar-refractivity contribution in [2.24, 2.45) is 0 Å². The largest absolute Gasteiger partial charge is 0.394 e. The van der Waals surface area contributed by atoms with Crippen LogP contribution < -0.4 is 15.1 Å². The molecule has 1 aliphatic heterocycles. The predicted octanol–water partition coefficient (Wildman–Crippen LogP) is 2.17. The van der Waals surface area contributed by atoms with E-state index >= 15 is 0 Å². The van der Waals surface area contributed by atoms with Crippen LogP contribution in [0, 0.1) is 0 Å². The Morgan fingerprint density at radius 3 is 2.76 bits per heavy atom. The van der Waals surface area contributed by atoms with E-state index in [9.17, 15) is 5.11 Å². The molecule has 1 unspecified atom stereocenters. The van der Waals surface area contributed by atoms with Gasteiger partial charge in [-0.25, -0.2) is 4.98 Å². The average Bonchev–Trinajstić information content (AvgIpc) is 3.39. The smallest absolute Gasteiger partial charge is 0.232 e. The zero-order valence-corrected chi connectivity index (χ0v) is 17.0. The van der Waals surface area contributed by atoms with Gasteiger partial charge in [-0.2, -0.15) is 15.0 Å². The van der Waals surface area contributed by atoms with Gasteiger partial charge in [0.25, 0.3) is 0 Å². The summed E-state index contributed by atoms with van der Waals surface area (Å²) >= 11 is 0. The van der Waals surface area contributed by atoms with Crippen LogP contribution in [-0.4, -0.2) is 62.3 Å². The topological polar surface area (TPSA) is 106 Å². The summed E-state index contributed by atoms with van der Waals surface area (Å²) in [7, 11) is 0.